The highest BCUT2D eigenvalue weighted by molar-refractivity contribution is 5.92. The monoisotopic (exact) mass is 512 g/mol. The van der Waals surface area contributed by atoms with E-state index in [0.29, 0.717) is 30.1 Å². The topological polar surface area (TPSA) is 82.1 Å². The summed E-state index contributed by atoms with van der Waals surface area (Å²) in [4.78, 5) is 24.6. The molecule has 0 heterocycles. The van der Waals surface area contributed by atoms with Crippen molar-refractivity contribution >= 4 is 11.9 Å². The fourth-order valence-electron chi connectivity index (χ4n) is 3.93. The number of unbranched alkanes of at least 4 members (excludes halogenated alkanes) is 11. The van der Waals surface area contributed by atoms with Crippen molar-refractivity contribution in [1.29, 1.82) is 0 Å². The van der Waals surface area contributed by atoms with Crippen LogP contribution in [0.2, 0.25) is 0 Å². The summed E-state index contributed by atoms with van der Waals surface area (Å²) in [7, 11) is 0. The second kappa shape index (κ2) is 19.3. The molecule has 1 N–H and O–H groups in total. The Hall–Kier alpha value is -2.86. The highest BCUT2D eigenvalue weighted by Crippen LogP contribution is 2.18. The molecule has 2 aromatic rings. The summed E-state index contributed by atoms with van der Waals surface area (Å²) in [6.07, 6.45) is 14.7. The summed E-state index contributed by atoms with van der Waals surface area (Å²) in [6.45, 7) is 3.51. The van der Waals surface area contributed by atoms with Gasteiger partial charge in [-0.15, -0.1) is 0 Å². The minimum absolute atomic E-state index is 0.223. The van der Waals surface area contributed by atoms with Crippen molar-refractivity contribution in [3.05, 3.63) is 59.7 Å². The lowest BCUT2D eigenvalue weighted by molar-refractivity contribution is 0.0497. The van der Waals surface area contributed by atoms with Gasteiger partial charge >= 0.3 is 11.9 Å². The Kier molecular flexibility index (Phi) is 15.8. The Labute approximate surface area is 222 Å². The molecule has 37 heavy (non-hydrogen) atoms. The summed E-state index contributed by atoms with van der Waals surface area (Å²) in [5.41, 5.74) is 0.847. The van der Waals surface area contributed by atoms with Crippen molar-refractivity contribution < 1.29 is 28.9 Å². The minimum Gasteiger partial charge on any atom is -0.494 e. The summed E-state index contributed by atoms with van der Waals surface area (Å²) >= 11 is 0. The molecule has 2 aromatic carbocycles. The maximum absolute atomic E-state index is 12.5. The second-order valence-electron chi connectivity index (χ2n) is 9.39. The van der Waals surface area contributed by atoms with E-state index >= 15 is 0 Å². The maximum Gasteiger partial charge on any atom is 0.343 e. The third-order valence-corrected chi connectivity index (χ3v) is 6.19. The lowest BCUT2D eigenvalue weighted by Crippen LogP contribution is -2.09. The molecule has 0 aliphatic carbocycles. The first-order valence-corrected chi connectivity index (χ1v) is 14.0. The number of hydrogen-bond acceptors (Lipinski definition) is 6. The van der Waals surface area contributed by atoms with E-state index in [1.165, 1.54) is 44.9 Å². The first kappa shape index (κ1) is 30.4. The smallest absolute Gasteiger partial charge is 0.343 e. The predicted molar refractivity (Wildman–Crippen MR) is 146 cm³/mol. The molecular weight excluding hydrogens is 468 g/mol. The highest BCUT2D eigenvalue weighted by atomic mass is 16.5. The van der Waals surface area contributed by atoms with Crippen LogP contribution in [0.3, 0.4) is 0 Å². The lowest BCUT2D eigenvalue weighted by Gasteiger charge is -2.08. The number of aliphatic hydroxyl groups is 1. The first-order valence-electron chi connectivity index (χ1n) is 14.0. The van der Waals surface area contributed by atoms with Crippen LogP contribution in [-0.4, -0.2) is 36.9 Å². The Balaban J connectivity index is 1.64. The number of benzene rings is 2. The molecule has 0 aliphatic rings. The molecule has 0 spiro atoms. The van der Waals surface area contributed by atoms with Crippen molar-refractivity contribution in [3.8, 4) is 11.5 Å². The fraction of sp³-hybridized carbons (Fsp3) is 0.548. The molecule has 0 saturated carbocycles. The van der Waals surface area contributed by atoms with Crippen molar-refractivity contribution in [3.63, 3.8) is 0 Å². The number of aliphatic hydroxyl groups excluding tert-OH is 1. The third-order valence-electron chi connectivity index (χ3n) is 6.19. The number of carbonyl (C=O) groups excluding carboxylic acids is 2. The van der Waals surface area contributed by atoms with E-state index in [-0.39, 0.29) is 6.61 Å². The van der Waals surface area contributed by atoms with Crippen LogP contribution in [0.1, 0.15) is 111 Å². The number of rotatable bonds is 20. The molecule has 0 saturated heterocycles. The largest absolute Gasteiger partial charge is 0.494 e. The first-order chi connectivity index (χ1) is 18.1. The molecule has 0 radical (unpaired) electrons. The van der Waals surface area contributed by atoms with Crippen LogP contribution in [0.5, 0.6) is 11.5 Å². The number of hydrogen-bond donors (Lipinski definition) is 1. The minimum atomic E-state index is -0.467. The Morgan fingerprint density at radius 2 is 1.08 bits per heavy atom. The Bertz CT molecular complexity index is 876. The van der Waals surface area contributed by atoms with Crippen LogP contribution < -0.4 is 9.47 Å². The van der Waals surface area contributed by atoms with Gasteiger partial charge in [0, 0.05) is 6.61 Å². The molecule has 204 valence electrons. The van der Waals surface area contributed by atoms with Gasteiger partial charge in [-0.2, -0.15) is 0 Å². The molecule has 6 nitrogen and oxygen atoms in total. The molecule has 0 fully saturated rings. The summed E-state index contributed by atoms with van der Waals surface area (Å²) in [5, 5.41) is 8.77. The van der Waals surface area contributed by atoms with E-state index in [4.69, 9.17) is 19.3 Å². The van der Waals surface area contributed by atoms with E-state index in [0.717, 1.165) is 44.3 Å². The van der Waals surface area contributed by atoms with Gasteiger partial charge in [0.05, 0.1) is 24.3 Å². The average Bonchev–Trinajstić information content (AvgIpc) is 2.92. The average molecular weight is 513 g/mol. The lowest BCUT2D eigenvalue weighted by atomic mass is 10.1. The normalized spacial score (nSPS) is 10.8. The molecule has 0 amide bonds. The van der Waals surface area contributed by atoms with Crippen LogP contribution in [0.4, 0.5) is 0 Å². The van der Waals surface area contributed by atoms with Gasteiger partial charge in [-0.25, -0.2) is 9.59 Å². The summed E-state index contributed by atoms with van der Waals surface area (Å²) in [5.74, 6) is 0.245. The Morgan fingerprint density at radius 1 is 0.595 bits per heavy atom. The predicted octanol–water partition coefficient (Wildman–Crippen LogP) is 7.52. The van der Waals surface area contributed by atoms with Gasteiger partial charge in [0.25, 0.3) is 0 Å². The molecule has 0 aliphatic heterocycles. The van der Waals surface area contributed by atoms with Gasteiger partial charge < -0.3 is 19.3 Å². The van der Waals surface area contributed by atoms with Crippen molar-refractivity contribution in [2.75, 3.05) is 19.8 Å². The van der Waals surface area contributed by atoms with Gasteiger partial charge in [-0.1, -0.05) is 71.1 Å². The fourth-order valence-corrected chi connectivity index (χ4v) is 3.93. The molecule has 0 unspecified atom stereocenters. The van der Waals surface area contributed by atoms with Gasteiger partial charge in [0.15, 0.2) is 0 Å². The number of ether oxygens (including phenoxy) is 3. The van der Waals surface area contributed by atoms with Gasteiger partial charge in [-0.3, -0.25) is 0 Å². The molecule has 0 atom stereocenters. The maximum atomic E-state index is 12.5. The van der Waals surface area contributed by atoms with E-state index < -0.39 is 11.9 Å². The zero-order chi connectivity index (χ0) is 26.6. The number of esters is 2. The van der Waals surface area contributed by atoms with E-state index in [9.17, 15) is 9.59 Å². The van der Waals surface area contributed by atoms with Gasteiger partial charge in [0.1, 0.15) is 11.5 Å². The molecule has 2 rings (SSSR count). The molecule has 0 aromatic heterocycles. The van der Waals surface area contributed by atoms with Crippen LogP contribution in [0, 0.1) is 0 Å². The highest BCUT2D eigenvalue weighted by Gasteiger charge is 2.11. The van der Waals surface area contributed by atoms with Crippen LogP contribution in [-0.2, 0) is 4.74 Å². The zero-order valence-electron chi connectivity index (χ0n) is 22.4. The van der Waals surface area contributed by atoms with Gasteiger partial charge in [-0.05, 0) is 67.8 Å². The Morgan fingerprint density at radius 3 is 1.68 bits per heavy atom. The van der Waals surface area contributed by atoms with Gasteiger partial charge in [0.2, 0.25) is 0 Å². The standard InChI is InChI=1S/C31H44O6/c1-2-3-4-5-6-7-10-13-24-35-28-19-15-27(16-20-28)31(34)37-29-21-17-26(18-22-29)30(33)36-25-14-11-8-9-12-23-32/h15-22,32H,2-14,23-25H2,1H3. The summed E-state index contributed by atoms with van der Waals surface area (Å²) < 4.78 is 16.5. The van der Waals surface area contributed by atoms with Crippen LogP contribution in [0.25, 0.3) is 0 Å². The molecular formula is C31H44O6. The van der Waals surface area contributed by atoms with E-state index in [1.54, 1.807) is 48.5 Å². The molecule has 6 heteroatoms. The summed E-state index contributed by atoms with van der Waals surface area (Å²) in [6, 6.07) is 13.3. The van der Waals surface area contributed by atoms with Crippen molar-refractivity contribution in [1.82, 2.24) is 0 Å². The third kappa shape index (κ3) is 13.3. The quantitative estimate of drug-likeness (QED) is 0.112. The number of carbonyl (C=O) groups is 2. The van der Waals surface area contributed by atoms with E-state index in [2.05, 4.69) is 6.92 Å². The second-order valence-corrected chi connectivity index (χ2v) is 9.39. The van der Waals surface area contributed by atoms with Crippen molar-refractivity contribution in [2.45, 2.75) is 90.4 Å². The van der Waals surface area contributed by atoms with Crippen LogP contribution in [0.15, 0.2) is 48.5 Å². The SMILES string of the molecule is CCCCCCCCCCOc1ccc(C(=O)Oc2ccc(C(=O)OCCCCCCCO)cc2)cc1. The van der Waals surface area contributed by atoms with E-state index in [1.807, 2.05) is 0 Å². The molecule has 0 bridgehead atoms. The zero-order valence-corrected chi connectivity index (χ0v) is 22.4. The van der Waals surface area contributed by atoms with Crippen LogP contribution >= 0.6 is 0 Å². The van der Waals surface area contributed by atoms with Crippen molar-refractivity contribution in [2.24, 2.45) is 0 Å².